The molecule has 0 saturated carbocycles. The summed E-state index contributed by atoms with van der Waals surface area (Å²) in [6.45, 7) is 1.96. The minimum absolute atomic E-state index is 0.364. The fourth-order valence-corrected chi connectivity index (χ4v) is 2.41. The lowest BCUT2D eigenvalue weighted by molar-refractivity contribution is 0.359. The molecule has 0 amide bonds. The Hall–Kier alpha value is -1.20. The molecule has 17 heavy (non-hydrogen) atoms. The van der Waals surface area contributed by atoms with Crippen LogP contribution < -0.4 is 5.32 Å². The summed E-state index contributed by atoms with van der Waals surface area (Å²) in [5.74, 6) is 1.77. The first kappa shape index (κ1) is 10.9. The van der Waals surface area contributed by atoms with E-state index in [1.54, 1.807) is 0 Å². The molecule has 3 rings (SSSR count). The Morgan fingerprint density at radius 1 is 1.41 bits per heavy atom. The molecule has 1 aliphatic heterocycles. The van der Waals surface area contributed by atoms with E-state index in [9.17, 15) is 0 Å². The normalized spacial score (nSPS) is 19.7. The molecule has 0 spiro atoms. The Labute approximate surface area is 108 Å². The van der Waals surface area contributed by atoms with Crippen LogP contribution in [0.1, 0.15) is 18.2 Å². The van der Waals surface area contributed by atoms with Crippen molar-refractivity contribution in [3.63, 3.8) is 0 Å². The Bertz CT molecular complexity index is 520. The lowest BCUT2D eigenvalue weighted by Crippen LogP contribution is -2.08. The van der Waals surface area contributed by atoms with Crippen LogP contribution in [0.5, 0.6) is 0 Å². The number of rotatable bonds is 2. The lowest BCUT2D eigenvalue weighted by atomic mass is 10.1. The third-order valence-corrected chi connectivity index (χ3v) is 3.43. The van der Waals surface area contributed by atoms with Crippen LogP contribution in [0.15, 0.2) is 33.3 Å². The van der Waals surface area contributed by atoms with Crippen LogP contribution in [0.4, 0.5) is 0 Å². The fourth-order valence-electron chi connectivity index (χ4n) is 2.01. The number of benzene rings is 1. The van der Waals surface area contributed by atoms with E-state index in [0.29, 0.717) is 11.7 Å². The molecule has 0 radical (unpaired) electrons. The topological polar surface area (TPSA) is 51.0 Å². The molecule has 1 aliphatic rings. The molecule has 1 aromatic carbocycles. The lowest BCUT2D eigenvalue weighted by Gasteiger charge is -1.98. The van der Waals surface area contributed by atoms with Gasteiger partial charge in [0.2, 0.25) is 11.7 Å². The molecule has 0 aliphatic carbocycles. The van der Waals surface area contributed by atoms with Crippen molar-refractivity contribution in [1.29, 1.82) is 0 Å². The minimum atomic E-state index is 0.364. The molecule has 1 saturated heterocycles. The third-order valence-electron chi connectivity index (χ3n) is 2.93. The van der Waals surface area contributed by atoms with Gasteiger partial charge >= 0.3 is 0 Å². The molecule has 0 bridgehead atoms. The number of nitrogens with one attached hydrogen (secondary N) is 1. The molecule has 2 heterocycles. The smallest absolute Gasteiger partial charge is 0.231 e. The standard InChI is InChI=1S/C12H12BrN3O/c13-10-3-1-2-8(6-10)11-15-12(17-16-11)9-4-5-14-7-9/h1-3,6,9,14H,4-5,7H2/t9-/m0/s1. The Morgan fingerprint density at radius 3 is 3.12 bits per heavy atom. The van der Waals surface area contributed by atoms with E-state index in [4.69, 9.17) is 4.52 Å². The van der Waals surface area contributed by atoms with E-state index >= 15 is 0 Å². The molecule has 1 N–H and O–H groups in total. The Balaban J connectivity index is 1.89. The van der Waals surface area contributed by atoms with Crippen molar-refractivity contribution in [1.82, 2.24) is 15.5 Å². The van der Waals surface area contributed by atoms with Gasteiger partial charge in [0.05, 0.1) is 5.92 Å². The highest BCUT2D eigenvalue weighted by molar-refractivity contribution is 9.10. The van der Waals surface area contributed by atoms with E-state index < -0.39 is 0 Å². The number of nitrogens with zero attached hydrogens (tertiary/aromatic N) is 2. The zero-order chi connectivity index (χ0) is 11.7. The van der Waals surface area contributed by atoms with Gasteiger partial charge in [0.25, 0.3) is 0 Å². The van der Waals surface area contributed by atoms with Gasteiger partial charge in [-0.2, -0.15) is 4.98 Å². The van der Waals surface area contributed by atoms with Crippen LogP contribution in [-0.2, 0) is 0 Å². The van der Waals surface area contributed by atoms with Crippen LogP contribution in [-0.4, -0.2) is 23.2 Å². The van der Waals surface area contributed by atoms with E-state index in [0.717, 1.165) is 35.4 Å². The molecular formula is C12H12BrN3O. The number of hydrogen-bond donors (Lipinski definition) is 1. The second kappa shape index (κ2) is 4.58. The van der Waals surface area contributed by atoms with Crippen LogP contribution in [0, 0.1) is 0 Å². The van der Waals surface area contributed by atoms with Gasteiger partial charge in [-0.3, -0.25) is 0 Å². The van der Waals surface area contributed by atoms with Crippen molar-refractivity contribution in [2.45, 2.75) is 12.3 Å². The van der Waals surface area contributed by atoms with Crippen molar-refractivity contribution in [3.05, 3.63) is 34.6 Å². The van der Waals surface area contributed by atoms with E-state index in [1.807, 2.05) is 24.3 Å². The van der Waals surface area contributed by atoms with Gasteiger partial charge in [-0.15, -0.1) is 0 Å². The first-order chi connectivity index (χ1) is 8.33. The number of aromatic nitrogens is 2. The molecule has 4 nitrogen and oxygen atoms in total. The van der Waals surface area contributed by atoms with Crippen molar-refractivity contribution < 1.29 is 4.52 Å². The summed E-state index contributed by atoms with van der Waals surface area (Å²) in [6, 6.07) is 7.91. The number of hydrogen-bond acceptors (Lipinski definition) is 4. The minimum Gasteiger partial charge on any atom is -0.339 e. The summed E-state index contributed by atoms with van der Waals surface area (Å²) in [6.07, 6.45) is 1.07. The maximum Gasteiger partial charge on any atom is 0.231 e. The molecule has 5 heteroatoms. The number of halogens is 1. The first-order valence-electron chi connectivity index (χ1n) is 5.63. The largest absolute Gasteiger partial charge is 0.339 e. The summed E-state index contributed by atoms with van der Waals surface area (Å²) in [4.78, 5) is 4.46. The second-order valence-corrected chi connectivity index (χ2v) is 5.07. The summed E-state index contributed by atoms with van der Waals surface area (Å²) in [5, 5.41) is 7.33. The van der Waals surface area contributed by atoms with Gasteiger partial charge in [0.15, 0.2) is 0 Å². The van der Waals surface area contributed by atoms with Crippen molar-refractivity contribution in [2.75, 3.05) is 13.1 Å². The first-order valence-corrected chi connectivity index (χ1v) is 6.42. The van der Waals surface area contributed by atoms with Gasteiger partial charge in [-0.25, -0.2) is 0 Å². The van der Waals surface area contributed by atoms with Crippen molar-refractivity contribution in [3.8, 4) is 11.4 Å². The Kier molecular flexibility index (Phi) is 2.94. The van der Waals surface area contributed by atoms with Crippen molar-refractivity contribution in [2.24, 2.45) is 0 Å². The maximum absolute atomic E-state index is 5.33. The zero-order valence-electron chi connectivity index (χ0n) is 9.19. The fraction of sp³-hybridized carbons (Fsp3) is 0.333. The predicted octanol–water partition coefficient (Wildman–Crippen LogP) is 2.58. The summed E-state index contributed by atoms with van der Waals surface area (Å²) in [5.41, 5.74) is 0.973. The zero-order valence-corrected chi connectivity index (χ0v) is 10.8. The van der Waals surface area contributed by atoms with Crippen LogP contribution in [0.2, 0.25) is 0 Å². The summed E-state index contributed by atoms with van der Waals surface area (Å²) < 4.78 is 6.34. The average Bonchev–Trinajstić information content (AvgIpc) is 3.00. The van der Waals surface area contributed by atoms with Gasteiger partial charge < -0.3 is 9.84 Å². The van der Waals surface area contributed by atoms with Crippen LogP contribution in [0.25, 0.3) is 11.4 Å². The summed E-state index contributed by atoms with van der Waals surface area (Å²) >= 11 is 3.44. The van der Waals surface area contributed by atoms with Gasteiger partial charge in [-0.1, -0.05) is 33.2 Å². The van der Waals surface area contributed by atoms with E-state index in [1.165, 1.54) is 0 Å². The third kappa shape index (κ3) is 2.25. The maximum atomic E-state index is 5.33. The predicted molar refractivity (Wildman–Crippen MR) is 67.7 cm³/mol. The van der Waals surface area contributed by atoms with Crippen LogP contribution in [0.3, 0.4) is 0 Å². The molecule has 1 atom stereocenters. The molecule has 0 unspecified atom stereocenters. The van der Waals surface area contributed by atoms with Gasteiger partial charge in [0, 0.05) is 16.6 Å². The summed E-state index contributed by atoms with van der Waals surface area (Å²) in [7, 11) is 0. The monoisotopic (exact) mass is 293 g/mol. The highest BCUT2D eigenvalue weighted by atomic mass is 79.9. The SMILES string of the molecule is Brc1cccc(-c2noc([C@H]3CCNC3)n2)c1. The molecule has 1 fully saturated rings. The highest BCUT2D eigenvalue weighted by Crippen LogP contribution is 2.25. The molecular weight excluding hydrogens is 282 g/mol. The Morgan fingerprint density at radius 2 is 2.35 bits per heavy atom. The van der Waals surface area contributed by atoms with E-state index in [2.05, 4.69) is 31.4 Å². The average molecular weight is 294 g/mol. The molecule has 1 aromatic heterocycles. The van der Waals surface area contributed by atoms with Gasteiger partial charge in [0.1, 0.15) is 0 Å². The van der Waals surface area contributed by atoms with Crippen LogP contribution >= 0.6 is 15.9 Å². The highest BCUT2D eigenvalue weighted by Gasteiger charge is 2.22. The van der Waals surface area contributed by atoms with Gasteiger partial charge in [-0.05, 0) is 25.1 Å². The van der Waals surface area contributed by atoms with Crippen molar-refractivity contribution >= 4 is 15.9 Å². The quantitative estimate of drug-likeness (QED) is 0.925. The second-order valence-electron chi connectivity index (χ2n) is 4.16. The molecule has 2 aromatic rings. The molecule has 88 valence electrons. The van der Waals surface area contributed by atoms with E-state index in [-0.39, 0.29) is 0 Å².